The van der Waals surface area contributed by atoms with Gasteiger partial charge in [-0.2, -0.15) is 23.5 Å². The van der Waals surface area contributed by atoms with Crippen molar-refractivity contribution in [1.82, 2.24) is 0 Å². The van der Waals surface area contributed by atoms with E-state index in [4.69, 9.17) is 9.47 Å². The SMILES string of the molecule is CCSCCOc1c2ccccc2c(OCCSCC)c2c(C(C)(C)C)cccc12. The molecule has 0 saturated carbocycles. The van der Waals surface area contributed by atoms with Crippen molar-refractivity contribution < 1.29 is 9.47 Å². The van der Waals surface area contributed by atoms with Crippen LogP contribution in [0.15, 0.2) is 42.5 Å². The first-order valence-corrected chi connectivity index (χ1v) is 13.2. The van der Waals surface area contributed by atoms with Crippen molar-refractivity contribution in [1.29, 1.82) is 0 Å². The summed E-state index contributed by atoms with van der Waals surface area (Å²) < 4.78 is 12.9. The molecule has 30 heavy (non-hydrogen) atoms. The van der Waals surface area contributed by atoms with Crippen molar-refractivity contribution in [3.05, 3.63) is 48.0 Å². The van der Waals surface area contributed by atoms with Gasteiger partial charge in [0.25, 0.3) is 0 Å². The number of benzene rings is 3. The minimum absolute atomic E-state index is 0.00752. The highest BCUT2D eigenvalue weighted by Crippen LogP contribution is 2.46. The average molecular weight is 443 g/mol. The summed E-state index contributed by atoms with van der Waals surface area (Å²) in [4.78, 5) is 0. The van der Waals surface area contributed by atoms with Crippen LogP contribution >= 0.6 is 23.5 Å². The molecular formula is C26H34O2S2. The largest absolute Gasteiger partial charge is 0.491 e. The average Bonchev–Trinajstić information content (AvgIpc) is 2.73. The van der Waals surface area contributed by atoms with E-state index in [0.717, 1.165) is 50.7 Å². The summed E-state index contributed by atoms with van der Waals surface area (Å²) in [7, 11) is 0. The molecule has 2 nitrogen and oxygen atoms in total. The Balaban J connectivity index is 2.22. The smallest absolute Gasteiger partial charge is 0.135 e. The van der Waals surface area contributed by atoms with Gasteiger partial charge in [0.15, 0.2) is 0 Å². The van der Waals surface area contributed by atoms with Crippen LogP contribution < -0.4 is 9.47 Å². The van der Waals surface area contributed by atoms with Crippen LogP contribution in [-0.2, 0) is 5.41 Å². The third kappa shape index (κ3) is 5.20. The summed E-state index contributed by atoms with van der Waals surface area (Å²) in [5.74, 6) is 6.20. The molecule has 0 amide bonds. The van der Waals surface area contributed by atoms with Crippen LogP contribution in [0.25, 0.3) is 21.5 Å². The highest BCUT2D eigenvalue weighted by molar-refractivity contribution is 7.99. The second kappa shape index (κ2) is 10.7. The molecule has 0 saturated heterocycles. The van der Waals surface area contributed by atoms with Gasteiger partial charge in [-0.25, -0.2) is 0 Å². The normalized spacial score (nSPS) is 11.9. The Hall–Kier alpha value is -1.52. The Morgan fingerprint density at radius 2 is 1.23 bits per heavy atom. The lowest BCUT2D eigenvalue weighted by Crippen LogP contribution is -2.13. The molecule has 0 bridgehead atoms. The molecule has 3 aromatic carbocycles. The molecule has 0 N–H and O–H groups in total. The molecule has 0 aliphatic carbocycles. The molecule has 4 heteroatoms. The minimum atomic E-state index is 0.00752. The standard InChI is InChI=1S/C26H34O2S2/c1-6-29-17-15-27-24-19-11-8-9-12-20(19)25(28-16-18-30-7-2)23-21(24)13-10-14-22(23)26(3,4)5/h8-14H,6-7,15-18H2,1-5H3. The number of ether oxygens (including phenoxy) is 2. The van der Waals surface area contributed by atoms with Crippen molar-refractivity contribution in [3.8, 4) is 11.5 Å². The first-order chi connectivity index (χ1) is 14.5. The van der Waals surface area contributed by atoms with E-state index in [1.54, 1.807) is 0 Å². The first kappa shape index (κ1) is 23.1. The molecule has 0 fully saturated rings. The molecule has 3 rings (SSSR count). The van der Waals surface area contributed by atoms with E-state index < -0.39 is 0 Å². The molecule has 0 spiro atoms. The summed E-state index contributed by atoms with van der Waals surface area (Å²) in [6, 6.07) is 15.1. The molecule has 0 unspecified atom stereocenters. The second-order valence-electron chi connectivity index (χ2n) is 8.27. The third-order valence-corrected chi connectivity index (χ3v) is 6.84. The molecule has 0 aliphatic rings. The lowest BCUT2D eigenvalue weighted by atomic mass is 9.82. The van der Waals surface area contributed by atoms with E-state index in [-0.39, 0.29) is 5.41 Å². The van der Waals surface area contributed by atoms with Crippen LogP contribution in [0.5, 0.6) is 11.5 Å². The van der Waals surface area contributed by atoms with E-state index in [2.05, 4.69) is 77.1 Å². The maximum atomic E-state index is 6.49. The number of thioether (sulfide) groups is 2. The van der Waals surface area contributed by atoms with Gasteiger partial charge in [-0.05, 0) is 22.5 Å². The Morgan fingerprint density at radius 3 is 1.80 bits per heavy atom. The molecule has 0 heterocycles. The predicted octanol–water partition coefficient (Wildman–Crippen LogP) is 7.55. The van der Waals surface area contributed by atoms with Crippen molar-refractivity contribution in [2.24, 2.45) is 0 Å². The second-order valence-corrected chi connectivity index (χ2v) is 11.1. The lowest BCUT2D eigenvalue weighted by Gasteiger charge is -2.25. The van der Waals surface area contributed by atoms with E-state index >= 15 is 0 Å². The monoisotopic (exact) mass is 442 g/mol. The predicted molar refractivity (Wildman–Crippen MR) is 137 cm³/mol. The van der Waals surface area contributed by atoms with Gasteiger partial charge in [0.2, 0.25) is 0 Å². The van der Waals surface area contributed by atoms with Gasteiger partial charge in [0.1, 0.15) is 11.5 Å². The van der Waals surface area contributed by atoms with Crippen molar-refractivity contribution in [3.63, 3.8) is 0 Å². The summed E-state index contributed by atoms with van der Waals surface area (Å²) in [5, 5.41) is 4.63. The molecule has 3 aromatic rings. The maximum Gasteiger partial charge on any atom is 0.135 e. The number of rotatable bonds is 10. The zero-order valence-corrected chi connectivity index (χ0v) is 20.6. The van der Waals surface area contributed by atoms with Crippen LogP contribution in [0.1, 0.15) is 40.2 Å². The lowest BCUT2D eigenvalue weighted by molar-refractivity contribution is 0.346. The Bertz CT molecular complexity index is 976. The number of fused-ring (bicyclic) bond motifs is 2. The van der Waals surface area contributed by atoms with Crippen LogP contribution in [0, 0.1) is 0 Å². The van der Waals surface area contributed by atoms with Gasteiger partial charge < -0.3 is 9.47 Å². The fraction of sp³-hybridized carbons (Fsp3) is 0.462. The zero-order chi connectivity index (χ0) is 21.6. The van der Waals surface area contributed by atoms with Gasteiger partial charge in [0.05, 0.1) is 13.2 Å². The van der Waals surface area contributed by atoms with Crippen LogP contribution in [0.2, 0.25) is 0 Å². The van der Waals surface area contributed by atoms with Crippen LogP contribution in [0.3, 0.4) is 0 Å². The topological polar surface area (TPSA) is 18.5 Å². The first-order valence-electron chi connectivity index (χ1n) is 10.9. The summed E-state index contributed by atoms with van der Waals surface area (Å²) >= 11 is 3.83. The number of hydrogen-bond donors (Lipinski definition) is 0. The van der Waals surface area contributed by atoms with Crippen LogP contribution in [-0.4, -0.2) is 36.2 Å². The van der Waals surface area contributed by atoms with Gasteiger partial charge in [0, 0.05) is 33.1 Å². The summed E-state index contributed by atoms with van der Waals surface area (Å²) in [6.07, 6.45) is 0. The molecule has 0 aliphatic heterocycles. The van der Waals surface area contributed by atoms with E-state index in [9.17, 15) is 0 Å². The third-order valence-electron chi connectivity index (χ3n) is 5.12. The maximum absolute atomic E-state index is 6.49. The van der Waals surface area contributed by atoms with Crippen molar-refractivity contribution in [2.75, 3.05) is 36.2 Å². The Morgan fingerprint density at radius 1 is 0.700 bits per heavy atom. The minimum Gasteiger partial charge on any atom is -0.491 e. The molecule has 162 valence electrons. The van der Waals surface area contributed by atoms with Gasteiger partial charge >= 0.3 is 0 Å². The zero-order valence-electron chi connectivity index (χ0n) is 18.9. The summed E-state index contributed by atoms with van der Waals surface area (Å²) in [5.41, 5.74) is 1.31. The Labute approximate surface area is 190 Å². The molecule has 0 atom stereocenters. The van der Waals surface area contributed by atoms with E-state index in [1.165, 1.54) is 10.9 Å². The highest BCUT2D eigenvalue weighted by atomic mass is 32.2. The highest BCUT2D eigenvalue weighted by Gasteiger charge is 2.24. The quantitative estimate of drug-likeness (QED) is 0.238. The van der Waals surface area contributed by atoms with Crippen molar-refractivity contribution in [2.45, 2.75) is 40.0 Å². The Kier molecular flexibility index (Phi) is 8.24. The fourth-order valence-electron chi connectivity index (χ4n) is 3.77. The van der Waals surface area contributed by atoms with Gasteiger partial charge in [-0.3, -0.25) is 0 Å². The molecular weight excluding hydrogens is 408 g/mol. The van der Waals surface area contributed by atoms with Crippen LogP contribution in [0.4, 0.5) is 0 Å². The summed E-state index contributed by atoms with van der Waals surface area (Å²) in [6.45, 7) is 12.6. The fourth-order valence-corrected chi connectivity index (χ4v) is 4.75. The van der Waals surface area contributed by atoms with E-state index in [0.29, 0.717) is 13.2 Å². The van der Waals surface area contributed by atoms with Gasteiger partial charge in [-0.1, -0.05) is 77.1 Å². The number of hydrogen-bond acceptors (Lipinski definition) is 4. The van der Waals surface area contributed by atoms with Gasteiger partial charge in [-0.15, -0.1) is 0 Å². The van der Waals surface area contributed by atoms with E-state index in [1.807, 2.05) is 23.5 Å². The molecule has 0 aromatic heterocycles. The van der Waals surface area contributed by atoms with Crippen molar-refractivity contribution >= 4 is 45.1 Å². The molecule has 0 radical (unpaired) electrons.